The Morgan fingerprint density at radius 2 is 2.00 bits per heavy atom. The molecule has 1 aliphatic rings. The predicted octanol–water partition coefficient (Wildman–Crippen LogP) is 0.806. The normalized spacial score (nSPS) is 18.5. The molecule has 138 valence electrons. The summed E-state index contributed by atoms with van der Waals surface area (Å²) in [5.74, 6) is 0. The SMILES string of the molecule is O=S(=O)(NCC(N1CCNCC1)C(F)(F)F)c1cccc2nsnc12. The second-order valence-electron chi connectivity index (χ2n) is 5.58. The average molecular weight is 395 g/mol. The molecule has 1 unspecified atom stereocenters. The third-order valence-corrected chi connectivity index (χ3v) is 5.97. The Hall–Kier alpha value is -1.34. The van der Waals surface area contributed by atoms with Crippen LogP contribution in [0.15, 0.2) is 23.1 Å². The van der Waals surface area contributed by atoms with E-state index in [1.54, 1.807) is 6.07 Å². The van der Waals surface area contributed by atoms with Crippen molar-refractivity contribution < 1.29 is 21.6 Å². The standard InChI is InChI=1S/C13H16F3N5O2S2/c14-13(15,16)11(21-6-4-17-5-7-21)8-18-25(22,23)10-3-1-2-9-12(10)20-24-19-9/h1-3,11,17-18H,4-8H2. The van der Waals surface area contributed by atoms with E-state index in [0.717, 1.165) is 11.7 Å². The van der Waals surface area contributed by atoms with E-state index < -0.39 is 28.8 Å². The maximum Gasteiger partial charge on any atom is 0.405 e. The van der Waals surface area contributed by atoms with Gasteiger partial charge in [0, 0.05) is 32.7 Å². The number of nitrogens with one attached hydrogen (secondary N) is 2. The molecule has 2 aromatic rings. The highest BCUT2D eigenvalue weighted by molar-refractivity contribution is 7.89. The van der Waals surface area contributed by atoms with E-state index in [2.05, 4.69) is 18.8 Å². The molecule has 0 amide bonds. The van der Waals surface area contributed by atoms with Gasteiger partial charge in [-0.3, -0.25) is 4.90 Å². The fourth-order valence-corrected chi connectivity index (χ4v) is 4.51. The number of fused-ring (bicyclic) bond motifs is 1. The van der Waals surface area contributed by atoms with Crippen molar-refractivity contribution in [3.8, 4) is 0 Å². The number of sulfonamides is 1. The molecule has 2 N–H and O–H groups in total. The van der Waals surface area contributed by atoms with Crippen LogP contribution in [0.5, 0.6) is 0 Å². The number of alkyl halides is 3. The molecule has 1 aromatic heterocycles. The third-order valence-electron chi connectivity index (χ3n) is 3.98. The summed E-state index contributed by atoms with van der Waals surface area (Å²) in [7, 11) is -4.14. The largest absolute Gasteiger partial charge is 0.405 e. The molecular formula is C13H16F3N5O2S2. The molecular weight excluding hydrogens is 379 g/mol. The molecule has 1 aromatic carbocycles. The Morgan fingerprint density at radius 1 is 1.28 bits per heavy atom. The zero-order valence-corrected chi connectivity index (χ0v) is 14.6. The maximum absolute atomic E-state index is 13.4. The van der Waals surface area contributed by atoms with Gasteiger partial charge in [0.15, 0.2) is 0 Å². The summed E-state index contributed by atoms with van der Waals surface area (Å²) in [6.45, 7) is 0.529. The van der Waals surface area contributed by atoms with Gasteiger partial charge >= 0.3 is 6.18 Å². The first-order chi connectivity index (χ1) is 11.8. The summed E-state index contributed by atoms with van der Waals surface area (Å²) in [4.78, 5) is 1.07. The first-order valence-corrected chi connectivity index (χ1v) is 9.73. The van der Waals surface area contributed by atoms with Crippen LogP contribution in [0.25, 0.3) is 11.0 Å². The number of benzene rings is 1. The van der Waals surface area contributed by atoms with Crippen LogP contribution in [0, 0.1) is 0 Å². The Morgan fingerprint density at radius 3 is 2.68 bits per heavy atom. The maximum atomic E-state index is 13.4. The summed E-state index contributed by atoms with van der Waals surface area (Å²) in [5.41, 5.74) is 0.549. The van der Waals surface area contributed by atoms with Gasteiger partial charge in [-0.15, -0.1) is 0 Å². The molecule has 0 aliphatic carbocycles. The van der Waals surface area contributed by atoms with Crippen molar-refractivity contribution in [1.29, 1.82) is 0 Å². The molecule has 7 nitrogen and oxygen atoms in total. The molecule has 1 saturated heterocycles. The van der Waals surface area contributed by atoms with E-state index in [4.69, 9.17) is 0 Å². The van der Waals surface area contributed by atoms with Gasteiger partial charge in [-0.05, 0) is 12.1 Å². The second-order valence-corrected chi connectivity index (χ2v) is 7.85. The Kier molecular flexibility index (Phi) is 5.25. The van der Waals surface area contributed by atoms with Crippen molar-refractivity contribution in [2.45, 2.75) is 17.1 Å². The van der Waals surface area contributed by atoms with Gasteiger partial charge in [-0.2, -0.15) is 21.9 Å². The molecule has 12 heteroatoms. The minimum atomic E-state index is -4.53. The van der Waals surface area contributed by atoms with E-state index in [-0.39, 0.29) is 23.5 Å². The van der Waals surface area contributed by atoms with Crippen LogP contribution >= 0.6 is 11.7 Å². The van der Waals surface area contributed by atoms with Crippen LogP contribution in [0.3, 0.4) is 0 Å². The summed E-state index contributed by atoms with van der Waals surface area (Å²) < 4.78 is 75.0. The van der Waals surface area contributed by atoms with Gasteiger partial charge in [0.05, 0.1) is 11.7 Å². The highest BCUT2D eigenvalue weighted by Gasteiger charge is 2.44. The van der Waals surface area contributed by atoms with Crippen molar-refractivity contribution in [3.63, 3.8) is 0 Å². The Labute approximate surface area is 146 Å². The monoisotopic (exact) mass is 395 g/mol. The van der Waals surface area contributed by atoms with Crippen molar-refractivity contribution >= 4 is 32.8 Å². The van der Waals surface area contributed by atoms with Crippen LogP contribution < -0.4 is 10.0 Å². The van der Waals surface area contributed by atoms with Gasteiger partial charge in [-0.25, -0.2) is 13.1 Å². The molecule has 3 rings (SSSR count). The fraction of sp³-hybridized carbons (Fsp3) is 0.538. The third kappa shape index (κ3) is 4.08. The number of halogens is 3. The number of hydrogen-bond donors (Lipinski definition) is 2. The van der Waals surface area contributed by atoms with E-state index in [0.29, 0.717) is 18.6 Å². The molecule has 0 saturated carbocycles. The lowest BCUT2D eigenvalue weighted by atomic mass is 10.2. The predicted molar refractivity (Wildman–Crippen MR) is 86.9 cm³/mol. The molecule has 0 radical (unpaired) electrons. The molecule has 1 atom stereocenters. The first-order valence-electron chi connectivity index (χ1n) is 7.51. The lowest BCUT2D eigenvalue weighted by molar-refractivity contribution is -0.182. The average Bonchev–Trinajstić information content (AvgIpc) is 3.03. The second kappa shape index (κ2) is 7.11. The van der Waals surface area contributed by atoms with Crippen LogP contribution in [-0.2, 0) is 10.0 Å². The van der Waals surface area contributed by atoms with Gasteiger partial charge < -0.3 is 5.32 Å². The topological polar surface area (TPSA) is 87.2 Å². The lowest BCUT2D eigenvalue weighted by Gasteiger charge is -2.35. The van der Waals surface area contributed by atoms with Gasteiger partial charge in [0.2, 0.25) is 10.0 Å². The molecule has 1 fully saturated rings. The highest BCUT2D eigenvalue weighted by Crippen LogP contribution is 2.26. The number of hydrogen-bond acceptors (Lipinski definition) is 7. The summed E-state index contributed by atoms with van der Waals surface area (Å²) in [6, 6.07) is 2.50. The Balaban J connectivity index is 1.80. The molecule has 1 aliphatic heterocycles. The van der Waals surface area contributed by atoms with Crippen molar-refractivity contribution in [2.75, 3.05) is 32.7 Å². The van der Waals surface area contributed by atoms with Crippen LogP contribution in [0.4, 0.5) is 13.2 Å². The highest BCUT2D eigenvalue weighted by atomic mass is 32.2. The van der Waals surface area contributed by atoms with E-state index in [1.165, 1.54) is 17.0 Å². The van der Waals surface area contributed by atoms with Crippen molar-refractivity contribution in [1.82, 2.24) is 23.7 Å². The minimum absolute atomic E-state index is 0.158. The number of piperazine rings is 1. The van der Waals surface area contributed by atoms with Crippen LogP contribution in [0.2, 0.25) is 0 Å². The first kappa shape index (κ1) is 18.5. The molecule has 0 bridgehead atoms. The summed E-state index contributed by atoms with van der Waals surface area (Å²) in [6.07, 6.45) is -4.53. The van der Waals surface area contributed by atoms with Crippen molar-refractivity contribution in [3.05, 3.63) is 18.2 Å². The van der Waals surface area contributed by atoms with Gasteiger partial charge in [0.25, 0.3) is 0 Å². The smallest absolute Gasteiger partial charge is 0.314 e. The van der Waals surface area contributed by atoms with Crippen LogP contribution in [-0.4, -0.2) is 67.0 Å². The van der Waals surface area contributed by atoms with E-state index in [9.17, 15) is 21.6 Å². The van der Waals surface area contributed by atoms with Gasteiger partial charge in [-0.1, -0.05) is 6.07 Å². The fourth-order valence-electron chi connectivity index (χ4n) is 2.71. The number of rotatable bonds is 5. The molecule has 0 spiro atoms. The summed E-state index contributed by atoms with van der Waals surface area (Å²) >= 11 is 0.847. The quantitative estimate of drug-likeness (QED) is 0.779. The van der Waals surface area contributed by atoms with Gasteiger partial charge in [0.1, 0.15) is 22.0 Å². The zero-order valence-electron chi connectivity index (χ0n) is 13.0. The minimum Gasteiger partial charge on any atom is -0.314 e. The summed E-state index contributed by atoms with van der Waals surface area (Å²) in [5, 5.41) is 2.97. The number of aromatic nitrogens is 2. The lowest BCUT2D eigenvalue weighted by Crippen LogP contribution is -2.57. The molecule has 2 heterocycles. The van der Waals surface area contributed by atoms with E-state index >= 15 is 0 Å². The molecule has 25 heavy (non-hydrogen) atoms. The zero-order chi connectivity index (χ0) is 18.1. The van der Waals surface area contributed by atoms with E-state index in [1.807, 2.05) is 0 Å². The van der Waals surface area contributed by atoms with Crippen molar-refractivity contribution in [2.24, 2.45) is 0 Å². The van der Waals surface area contributed by atoms with Crippen LogP contribution in [0.1, 0.15) is 0 Å². The number of nitrogens with zero attached hydrogens (tertiary/aromatic N) is 3. The Bertz CT molecular complexity index is 834.